The van der Waals surface area contributed by atoms with Crippen molar-refractivity contribution in [2.24, 2.45) is 0 Å². The molecular formula is C16H24N2OS. The molecule has 2 atom stereocenters. The molecule has 2 fully saturated rings. The standard InChI is InChI=1S/C16H24N2OS/c1-2-18(14-5-3-13(17)4-6-14)15-7-9-19-16(11-15)8-10-20-12-16/h3-6,15H,2,7-12,17H2,1H3. The lowest BCUT2D eigenvalue weighted by Crippen LogP contribution is -2.49. The van der Waals surface area contributed by atoms with Gasteiger partial charge in [0.1, 0.15) is 0 Å². The van der Waals surface area contributed by atoms with Gasteiger partial charge in [0.25, 0.3) is 0 Å². The van der Waals surface area contributed by atoms with Crippen molar-refractivity contribution < 1.29 is 4.74 Å². The Balaban J connectivity index is 1.76. The summed E-state index contributed by atoms with van der Waals surface area (Å²) in [5, 5.41) is 0. The highest BCUT2D eigenvalue weighted by Gasteiger charge is 2.41. The van der Waals surface area contributed by atoms with E-state index in [1.807, 2.05) is 23.9 Å². The number of anilines is 2. The second kappa shape index (κ2) is 5.86. The number of hydrogen-bond donors (Lipinski definition) is 1. The lowest BCUT2D eigenvalue weighted by atomic mass is 9.88. The molecule has 2 saturated heterocycles. The quantitative estimate of drug-likeness (QED) is 0.869. The average Bonchev–Trinajstić information content (AvgIpc) is 2.90. The summed E-state index contributed by atoms with van der Waals surface area (Å²) >= 11 is 2.04. The summed E-state index contributed by atoms with van der Waals surface area (Å²) in [6.45, 7) is 4.18. The molecule has 0 bridgehead atoms. The monoisotopic (exact) mass is 292 g/mol. The van der Waals surface area contributed by atoms with Gasteiger partial charge in [-0.3, -0.25) is 0 Å². The molecule has 0 radical (unpaired) electrons. The van der Waals surface area contributed by atoms with Gasteiger partial charge in [-0.25, -0.2) is 0 Å². The molecule has 3 rings (SSSR count). The molecule has 1 aromatic carbocycles. The van der Waals surface area contributed by atoms with Gasteiger partial charge in [-0.15, -0.1) is 0 Å². The SMILES string of the molecule is CCN(c1ccc(N)cc1)C1CCOC2(CCSC2)C1. The van der Waals surface area contributed by atoms with Crippen LogP contribution in [-0.2, 0) is 4.74 Å². The minimum absolute atomic E-state index is 0.148. The summed E-state index contributed by atoms with van der Waals surface area (Å²) in [5.41, 5.74) is 8.07. The highest BCUT2D eigenvalue weighted by molar-refractivity contribution is 7.99. The van der Waals surface area contributed by atoms with Crippen LogP contribution < -0.4 is 10.6 Å². The number of hydrogen-bond acceptors (Lipinski definition) is 4. The van der Waals surface area contributed by atoms with E-state index in [2.05, 4.69) is 24.0 Å². The molecule has 20 heavy (non-hydrogen) atoms. The van der Waals surface area contributed by atoms with E-state index in [1.165, 1.54) is 23.6 Å². The maximum Gasteiger partial charge on any atom is 0.0799 e. The molecule has 110 valence electrons. The van der Waals surface area contributed by atoms with Crippen LogP contribution in [0.3, 0.4) is 0 Å². The first-order valence-electron chi connectivity index (χ1n) is 7.56. The Morgan fingerprint density at radius 1 is 1.40 bits per heavy atom. The van der Waals surface area contributed by atoms with Gasteiger partial charge in [0.05, 0.1) is 5.60 Å². The first-order valence-corrected chi connectivity index (χ1v) is 8.72. The Hall–Kier alpha value is -0.870. The van der Waals surface area contributed by atoms with Gasteiger partial charge in [-0.1, -0.05) is 0 Å². The van der Waals surface area contributed by atoms with E-state index in [0.717, 1.165) is 31.7 Å². The molecule has 2 N–H and O–H groups in total. The van der Waals surface area contributed by atoms with E-state index in [4.69, 9.17) is 10.5 Å². The number of nitrogen functional groups attached to an aromatic ring is 1. The molecule has 2 heterocycles. The van der Waals surface area contributed by atoms with Crippen molar-refractivity contribution >= 4 is 23.1 Å². The van der Waals surface area contributed by atoms with Gasteiger partial charge in [-0.05, 0) is 56.2 Å². The highest BCUT2D eigenvalue weighted by Crippen LogP contribution is 2.40. The van der Waals surface area contributed by atoms with Crippen molar-refractivity contribution in [1.29, 1.82) is 0 Å². The summed E-state index contributed by atoms with van der Waals surface area (Å²) < 4.78 is 6.14. The maximum absolute atomic E-state index is 6.14. The van der Waals surface area contributed by atoms with Crippen LogP contribution >= 0.6 is 11.8 Å². The van der Waals surface area contributed by atoms with E-state index in [1.54, 1.807) is 0 Å². The van der Waals surface area contributed by atoms with Crippen molar-refractivity contribution in [2.75, 3.05) is 35.3 Å². The second-order valence-corrected chi connectivity index (χ2v) is 6.96. The minimum atomic E-state index is 0.148. The number of benzene rings is 1. The predicted molar refractivity (Wildman–Crippen MR) is 87.5 cm³/mol. The van der Waals surface area contributed by atoms with E-state index < -0.39 is 0 Å². The normalized spacial score (nSPS) is 29.8. The summed E-state index contributed by atoms with van der Waals surface area (Å²) in [7, 11) is 0. The zero-order valence-electron chi connectivity index (χ0n) is 12.2. The van der Waals surface area contributed by atoms with Crippen LogP contribution in [-0.4, -0.2) is 36.3 Å². The van der Waals surface area contributed by atoms with Crippen LogP contribution in [0.25, 0.3) is 0 Å². The Labute approximate surface area is 125 Å². The van der Waals surface area contributed by atoms with Crippen LogP contribution in [0.4, 0.5) is 11.4 Å². The fraction of sp³-hybridized carbons (Fsp3) is 0.625. The molecule has 0 aromatic heterocycles. The van der Waals surface area contributed by atoms with Crippen LogP contribution in [0.2, 0.25) is 0 Å². The Bertz CT molecular complexity index is 442. The average molecular weight is 292 g/mol. The Morgan fingerprint density at radius 2 is 2.20 bits per heavy atom. The third kappa shape index (κ3) is 2.77. The van der Waals surface area contributed by atoms with Gasteiger partial charge in [-0.2, -0.15) is 11.8 Å². The lowest BCUT2D eigenvalue weighted by molar-refractivity contribution is -0.0662. The van der Waals surface area contributed by atoms with Crippen LogP contribution in [0.5, 0.6) is 0 Å². The number of rotatable bonds is 3. The topological polar surface area (TPSA) is 38.5 Å². The summed E-state index contributed by atoms with van der Waals surface area (Å²) in [4.78, 5) is 2.52. The van der Waals surface area contributed by atoms with Crippen molar-refractivity contribution in [3.63, 3.8) is 0 Å². The van der Waals surface area contributed by atoms with Crippen molar-refractivity contribution in [3.05, 3.63) is 24.3 Å². The number of thioether (sulfide) groups is 1. The lowest BCUT2D eigenvalue weighted by Gasteiger charge is -2.43. The van der Waals surface area contributed by atoms with Gasteiger partial charge in [0.15, 0.2) is 0 Å². The van der Waals surface area contributed by atoms with Gasteiger partial charge >= 0.3 is 0 Å². The van der Waals surface area contributed by atoms with Gasteiger partial charge in [0, 0.05) is 36.3 Å². The molecule has 2 unspecified atom stereocenters. The maximum atomic E-state index is 6.14. The number of nitrogens with zero attached hydrogens (tertiary/aromatic N) is 1. The zero-order chi connectivity index (χ0) is 14.0. The fourth-order valence-corrected chi connectivity index (χ4v) is 4.83. The Kier molecular flexibility index (Phi) is 4.13. The van der Waals surface area contributed by atoms with E-state index in [0.29, 0.717) is 6.04 Å². The predicted octanol–water partition coefficient (Wildman–Crippen LogP) is 3.15. The fourth-order valence-electron chi connectivity index (χ4n) is 3.45. The van der Waals surface area contributed by atoms with Gasteiger partial charge in [0.2, 0.25) is 0 Å². The number of nitrogens with two attached hydrogens (primary N) is 1. The van der Waals surface area contributed by atoms with E-state index >= 15 is 0 Å². The molecule has 3 nitrogen and oxygen atoms in total. The number of ether oxygens (including phenoxy) is 1. The van der Waals surface area contributed by atoms with E-state index in [9.17, 15) is 0 Å². The first kappa shape index (κ1) is 14.1. The van der Waals surface area contributed by atoms with Crippen LogP contribution in [0, 0.1) is 0 Å². The third-order valence-corrected chi connectivity index (χ3v) is 5.76. The van der Waals surface area contributed by atoms with Crippen LogP contribution in [0.1, 0.15) is 26.2 Å². The summed E-state index contributed by atoms with van der Waals surface area (Å²) in [6, 6.07) is 8.88. The minimum Gasteiger partial charge on any atom is -0.399 e. The molecule has 0 saturated carbocycles. The Morgan fingerprint density at radius 3 is 2.85 bits per heavy atom. The highest BCUT2D eigenvalue weighted by atomic mass is 32.2. The van der Waals surface area contributed by atoms with Crippen LogP contribution in [0.15, 0.2) is 24.3 Å². The van der Waals surface area contributed by atoms with Crippen molar-refractivity contribution in [3.8, 4) is 0 Å². The largest absolute Gasteiger partial charge is 0.399 e. The molecule has 0 aliphatic carbocycles. The van der Waals surface area contributed by atoms with Crippen molar-refractivity contribution in [2.45, 2.75) is 37.8 Å². The second-order valence-electron chi connectivity index (χ2n) is 5.86. The summed E-state index contributed by atoms with van der Waals surface area (Å²) in [5.74, 6) is 2.42. The first-order chi connectivity index (χ1) is 9.72. The molecule has 2 aliphatic heterocycles. The third-order valence-electron chi connectivity index (χ3n) is 4.54. The van der Waals surface area contributed by atoms with E-state index in [-0.39, 0.29) is 5.60 Å². The molecule has 1 aromatic rings. The molecule has 0 amide bonds. The smallest absolute Gasteiger partial charge is 0.0799 e. The molecule has 2 aliphatic rings. The zero-order valence-corrected chi connectivity index (χ0v) is 13.0. The van der Waals surface area contributed by atoms with Gasteiger partial charge < -0.3 is 15.4 Å². The molecule has 4 heteroatoms. The summed E-state index contributed by atoms with van der Waals surface area (Å²) in [6.07, 6.45) is 3.51. The molecular weight excluding hydrogens is 268 g/mol. The van der Waals surface area contributed by atoms with Crippen molar-refractivity contribution in [1.82, 2.24) is 0 Å². The molecule has 1 spiro atoms.